The highest BCUT2D eigenvalue weighted by Gasteiger charge is 2.24. The molecule has 6 nitrogen and oxygen atoms in total. The van der Waals surface area contributed by atoms with Gasteiger partial charge in [0.15, 0.2) is 0 Å². The Labute approximate surface area is 136 Å². The van der Waals surface area contributed by atoms with Crippen molar-refractivity contribution in [2.75, 3.05) is 26.7 Å². The highest BCUT2D eigenvalue weighted by Crippen LogP contribution is 2.14. The van der Waals surface area contributed by atoms with Gasteiger partial charge >= 0.3 is 0 Å². The molecule has 6 heteroatoms. The fourth-order valence-corrected chi connectivity index (χ4v) is 2.79. The van der Waals surface area contributed by atoms with Gasteiger partial charge in [0.25, 0.3) is 5.91 Å². The van der Waals surface area contributed by atoms with Crippen molar-refractivity contribution < 1.29 is 9.53 Å². The van der Waals surface area contributed by atoms with Gasteiger partial charge in [-0.25, -0.2) is 0 Å². The Bertz CT molecular complexity index is 665. The van der Waals surface area contributed by atoms with Crippen LogP contribution in [-0.4, -0.2) is 53.4 Å². The number of hydrogen-bond acceptors (Lipinski definition) is 4. The first kappa shape index (κ1) is 15.6. The van der Waals surface area contributed by atoms with Crippen molar-refractivity contribution in [1.29, 1.82) is 0 Å². The molecule has 0 bridgehead atoms. The molecular formula is C17H22N4O2. The monoisotopic (exact) mass is 314 g/mol. The summed E-state index contributed by atoms with van der Waals surface area (Å²) in [5, 5.41) is 7.61. The van der Waals surface area contributed by atoms with Crippen molar-refractivity contribution in [1.82, 2.24) is 20.0 Å². The number of piperazine rings is 1. The maximum atomic E-state index is 12.6. The zero-order valence-electron chi connectivity index (χ0n) is 13.5. The van der Waals surface area contributed by atoms with Crippen LogP contribution in [0.15, 0.2) is 36.7 Å². The summed E-state index contributed by atoms with van der Waals surface area (Å²) in [5.41, 5.74) is 1.76. The molecule has 1 amide bonds. The molecule has 1 aliphatic heterocycles. The highest BCUT2D eigenvalue weighted by molar-refractivity contribution is 5.94. The third-order valence-corrected chi connectivity index (χ3v) is 4.15. The standard InChI is InChI=1S/C17H22N4O2/c1-13-9-18-7-8-21(13)17(22)15-10-19-20(12-15)11-14-3-5-16(23-2)6-4-14/h3-6,10,12-13,18H,7-9,11H2,1-2H3/t13-/m1/s1. The number of nitrogens with zero attached hydrogens (tertiary/aromatic N) is 3. The summed E-state index contributed by atoms with van der Waals surface area (Å²) in [5.74, 6) is 0.887. The topological polar surface area (TPSA) is 59.4 Å². The Balaban J connectivity index is 1.68. The Kier molecular flexibility index (Phi) is 4.62. The largest absolute Gasteiger partial charge is 0.497 e. The molecule has 2 heterocycles. The number of nitrogens with one attached hydrogen (secondary N) is 1. The van der Waals surface area contributed by atoms with Crippen LogP contribution in [-0.2, 0) is 6.54 Å². The molecule has 1 atom stereocenters. The number of ether oxygens (including phenoxy) is 1. The summed E-state index contributed by atoms with van der Waals surface area (Å²) < 4.78 is 6.95. The number of carbonyl (C=O) groups excluding carboxylic acids is 1. The Morgan fingerprint density at radius 2 is 2.17 bits per heavy atom. The van der Waals surface area contributed by atoms with Gasteiger partial charge in [0, 0.05) is 31.9 Å². The summed E-state index contributed by atoms with van der Waals surface area (Å²) in [4.78, 5) is 14.5. The maximum absolute atomic E-state index is 12.6. The Hall–Kier alpha value is -2.34. The fourth-order valence-electron chi connectivity index (χ4n) is 2.79. The van der Waals surface area contributed by atoms with Gasteiger partial charge in [0.1, 0.15) is 5.75 Å². The van der Waals surface area contributed by atoms with Gasteiger partial charge in [-0.15, -0.1) is 0 Å². The molecule has 0 radical (unpaired) electrons. The molecule has 0 aliphatic carbocycles. The van der Waals surface area contributed by atoms with Gasteiger partial charge in [0.05, 0.1) is 25.4 Å². The third-order valence-electron chi connectivity index (χ3n) is 4.15. The molecule has 1 saturated heterocycles. The van der Waals surface area contributed by atoms with Crippen molar-refractivity contribution in [3.63, 3.8) is 0 Å². The number of hydrogen-bond donors (Lipinski definition) is 1. The van der Waals surface area contributed by atoms with E-state index in [1.807, 2.05) is 35.4 Å². The van der Waals surface area contributed by atoms with Gasteiger partial charge in [-0.1, -0.05) is 12.1 Å². The minimum Gasteiger partial charge on any atom is -0.497 e. The van der Waals surface area contributed by atoms with Crippen LogP contribution in [0.4, 0.5) is 0 Å². The second-order valence-electron chi connectivity index (χ2n) is 5.83. The van der Waals surface area contributed by atoms with Crippen molar-refractivity contribution in [2.45, 2.75) is 19.5 Å². The molecule has 3 rings (SSSR count). The average molecular weight is 314 g/mol. The van der Waals surface area contributed by atoms with Crippen LogP contribution in [0.3, 0.4) is 0 Å². The summed E-state index contributed by atoms with van der Waals surface area (Å²) in [7, 11) is 1.65. The summed E-state index contributed by atoms with van der Waals surface area (Å²) in [6, 6.07) is 8.06. The molecule has 122 valence electrons. The number of aromatic nitrogens is 2. The van der Waals surface area contributed by atoms with Crippen molar-refractivity contribution in [3.05, 3.63) is 47.8 Å². The maximum Gasteiger partial charge on any atom is 0.257 e. The van der Waals surface area contributed by atoms with Crippen molar-refractivity contribution in [3.8, 4) is 5.75 Å². The normalized spacial score (nSPS) is 18.0. The van der Waals surface area contributed by atoms with Gasteiger partial charge in [-0.3, -0.25) is 9.48 Å². The smallest absolute Gasteiger partial charge is 0.257 e. The second-order valence-corrected chi connectivity index (χ2v) is 5.83. The number of carbonyl (C=O) groups is 1. The van der Waals surface area contributed by atoms with E-state index in [2.05, 4.69) is 17.3 Å². The van der Waals surface area contributed by atoms with E-state index in [-0.39, 0.29) is 11.9 Å². The van der Waals surface area contributed by atoms with Crippen LogP contribution < -0.4 is 10.1 Å². The van der Waals surface area contributed by atoms with Crippen LogP contribution in [0.25, 0.3) is 0 Å². The van der Waals surface area contributed by atoms with E-state index in [9.17, 15) is 4.79 Å². The van der Waals surface area contributed by atoms with E-state index < -0.39 is 0 Å². The Morgan fingerprint density at radius 3 is 2.87 bits per heavy atom. The lowest BCUT2D eigenvalue weighted by atomic mass is 10.2. The molecule has 23 heavy (non-hydrogen) atoms. The predicted molar refractivity (Wildman–Crippen MR) is 87.7 cm³/mol. The molecule has 0 unspecified atom stereocenters. The number of rotatable bonds is 4. The van der Waals surface area contributed by atoms with Gasteiger partial charge in [-0.2, -0.15) is 5.10 Å². The molecule has 1 N–H and O–H groups in total. The van der Waals surface area contributed by atoms with Crippen LogP contribution in [0.1, 0.15) is 22.8 Å². The molecule has 1 fully saturated rings. The van der Waals surface area contributed by atoms with Crippen LogP contribution in [0.2, 0.25) is 0 Å². The lowest BCUT2D eigenvalue weighted by Gasteiger charge is -2.33. The quantitative estimate of drug-likeness (QED) is 0.926. The Morgan fingerprint density at radius 1 is 1.39 bits per heavy atom. The summed E-state index contributed by atoms with van der Waals surface area (Å²) in [6.07, 6.45) is 3.47. The SMILES string of the molecule is COc1ccc(Cn2cc(C(=O)N3CCNC[C@H]3C)cn2)cc1. The third kappa shape index (κ3) is 3.53. The van der Waals surface area contributed by atoms with Gasteiger partial charge in [-0.05, 0) is 24.6 Å². The number of amides is 1. The van der Waals surface area contributed by atoms with Gasteiger partial charge < -0.3 is 15.0 Å². The van der Waals surface area contributed by atoms with Crippen molar-refractivity contribution >= 4 is 5.91 Å². The number of benzene rings is 1. The lowest BCUT2D eigenvalue weighted by molar-refractivity contribution is 0.0655. The minimum absolute atomic E-state index is 0.0555. The van der Waals surface area contributed by atoms with E-state index in [0.29, 0.717) is 12.1 Å². The fraction of sp³-hybridized carbons (Fsp3) is 0.412. The first-order valence-corrected chi connectivity index (χ1v) is 7.84. The summed E-state index contributed by atoms with van der Waals surface area (Å²) >= 11 is 0. The minimum atomic E-state index is 0.0555. The summed E-state index contributed by atoms with van der Waals surface area (Å²) in [6.45, 7) is 5.12. The van der Waals surface area contributed by atoms with E-state index in [1.54, 1.807) is 18.0 Å². The predicted octanol–water partition coefficient (Wildman–Crippen LogP) is 1.37. The first-order chi connectivity index (χ1) is 11.2. The molecule has 0 spiro atoms. The molecule has 0 saturated carbocycles. The average Bonchev–Trinajstić information content (AvgIpc) is 3.04. The molecule has 1 aromatic carbocycles. The van der Waals surface area contributed by atoms with Gasteiger partial charge in [0.2, 0.25) is 0 Å². The lowest BCUT2D eigenvalue weighted by Crippen LogP contribution is -2.52. The van der Waals surface area contributed by atoms with Crippen LogP contribution >= 0.6 is 0 Å². The zero-order chi connectivity index (χ0) is 16.2. The zero-order valence-corrected chi connectivity index (χ0v) is 13.5. The molecule has 1 aliphatic rings. The molecule has 1 aromatic heterocycles. The van der Waals surface area contributed by atoms with Crippen LogP contribution in [0.5, 0.6) is 5.75 Å². The van der Waals surface area contributed by atoms with E-state index >= 15 is 0 Å². The molecule has 2 aromatic rings. The molecular weight excluding hydrogens is 292 g/mol. The van der Waals surface area contributed by atoms with E-state index in [0.717, 1.165) is 30.9 Å². The van der Waals surface area contributed by atoms with Crippen LogP contribution in [0, 0.1) is 0 Å². The highest BCUT2D eigenvalue weighted by atomic mass is 16.5. The van der Waals surface area contributed by atoms with E-state index in [1.165, 1.54) is 0 Å². The first-order valence-electron chi connectivity index (χ1n) is 7.84. The number of methoxy groups -OCH3 is 1. The van der Waals surface area contributed by atoms with Crippen molar-refractivity contribution in [2.24, 2.45) is 0 Å². The van der Waals surface area contributed by atoms with E-state index in [4.69, 9.17) is 4.74 Å². The second kappa shape index (κ2) is 6.83.